The van der Waals surface area contributed by atoms with Crippen LogP contribution >= 0.6 is 22.6 Å². The molecule has 1 fully saturated rings. The van der Waals surface area contributed by atoms with Crippen LogP contribution in [0.1, 0.15) is 43.0 Å². The Morgan fingerprint density at radius 3 is 2.78 bits per heavy atom. The first-order valence-corrected chi connectivity index (χ1v) is 10.5. The molecule has 0 heterocycles. The van der Waals surface area contributed by atoms with E-state index in [0.717, 1.165) is 19.3 Å². The lowest BCUT2D eigenvalue weighted by molar-refractivity contribution is 0.0372. The van der Waals surface area contributed by atoms with Crippen LogP contribution in [0.25, 0.3) is 0 Å². The van der Waals surface area contributed by atoms with Crippen molar-refractivity contribution in [3.63, 3.8) is 0 Å². The van der Waals surface area contributed by atoms with Crippen LogP contribution in [0.3, 0.4) is 0 Å². The molecular weight excluding hydrogens is 429 g/mol. The van der Waals surface area contributed by atoms with Crippen LogP contribution in [0.5, 0.6) is 0 Å². The van der Waals surface area contributed by atoms with E-state index < -0.39 is 21.5 Å². The molecule has 128 valence electrons. The normalized spacial score (nSPS) is 26.7. The summed E-state index contributed by atoms with van der Waals surface area (Å²) in [6, 6.07) is 5.22. The van der Waals surface area contributed by atoms with Gasteiger partial charge in [0.05, 0.1) is 22.3 Å². The van der Waals surface area contributed by atoms with Gasteiger partial charge < -0.3 is 10.8 Å². The van der Waals surface area contributed by atoms with Crippen molar-refractivity contribution in [2.45, 2.75) is 53.1 Å². The van der Waals surface area contributed by atoms with Gasteiger partial charge in [0.1, 0.15) is 0 Å². The number of nitrogens with two attached hydrogens (primary N) is 1. The number of carbonyl (C=O) groups is 1. The Bertz CT molecular complexity index is 689. The first kappa shape index (κ1) is 18.8. The van der Waals surface area contributed by atoms with Crippen LogP contribution in [0.4, 0.5) is 0 Å². The molecule has 3 atom stereocenters. The standard InChI is InChI=1S/C16H22INO4S/c1-11(18)15(19)12-5-4-6-13(9-12)23(21,22)10-16(20)8-3-2-7-14(16)17/h4-6,9,11,14,20H,2-3,7-8,10,18H2,1H3. The van der Waals surface area contributed by atoms with Gasteiger partial charge in [0.25, 0.3) is 0 Å². The monoisotopic (exact) mass is 451 g/mol. The molecule has 0 radical (unpaired) electrons. The van der Waals surface area contributed by atoms with Gasteiger partial charge in [0.2, 0.25) is 0 Å². The minimum absolute atomic E-state index is 0.0617. The molecule has 3 unspecified atom stereocenters. The number of hydrogen-bond donors (Lipinski definition) is 2. The van der Waals surface area contributed by atoms with Gasteiger partial charge in [0.15, 0.2) is 15.6 Å². The highest BCUT2D eigenvalue weighted by Gasteiger charge is 2.41. The quantitative estimate of drug-likeness (QED) is 0.406. The number of alkyl halides is 1. The molecule has 0 spiro atoms. The maximum Gasteiger partial charge on any atom is 0.181 e. The first-order chi connectivity index (χ1) is 10.7. The Kier molecular flexibility index (Phi) is 5.86. The van der Waals surface area contributed by atoms with E-state index in [4.69, 9.17) is 5.73 Å². The average Bonchev–Trinajstić information content (AvgIpc) is 2.49. The lowest BCUT2D eigenvalue weighted by atomic mass is 9.86. The molecule has 0 saturated heterocycles. The fourth-order valence-corrected chi connectivity index (χ4v) is 5.89. The van der Waals surface area contributed by atoms with Crippen molar-refractivity contribution < 1.29 is 18.3 Å². The molecule has 0 aromatic heterocycles. The summed E-state index contributed by atoms with van der Waals surface area (Å²) in [5.74, 6) is -0.617. The summed E-state index contributed by atoms with van der Waals surface area (Å²) in [4.78, 5) is 12.0. The predicted octanol–water partition coefficient (Wildman–Crippen LogP) is 2.10. The molecule has 1 aliphatic carbocycles. The third-order valence-corrected chi connectivity index (χ3v) is 7.87. The zero-order valence-corrected chi connectivity index (χ0v) is 16.0. The smallest absolute Gasteiger partial charge is 0.181 e. The van der Waals surface area contributed by atoms with Gasteiger partial charge in [-0.3, -0.25) is 4.79 Å². The molecule has 1 aromatic rings. The largest absolute Gasteiger partial charge is 0.388 e. The molecule has 23 heavy (non-hydrogen) atoms. The van der Waals surface area contributed by atoms with E-state index in [-0.39, 0.29) is 25.9 Å². The Hall–Kier alpha value is -0.510. The van der Waals surface area contributed by atoms with Gasteiger partial charge in [-0.15, -0.1) is 0 Å². The van der Waals surface area contributed by atoms with Gasteiger partial charge in [0, 0.05) is 9.49 Å². The second kappa shape index (κ2) is 7.16. The summed E-state index contributed by atoms with van der Waals surface area (Å²) in [6.45, 7) is 1.56. The number of ketones is 1. The summed E-state index contributed by atoms with van der Waals surface area (Å²) < 4.78 is 25.3. The van der Waals surface area contributed by atoms with Crippen molar-refractivity contribution in [1.29, 1.82) is 0 Å². The summed E-state index contributed by atoms with van der Waals surface area (Å²) in [5, 5.41) is 10.7. The predicted molar refractivity (Wildman–Crippen MR) is 97.7 cm³/mol. The van der Waals surface area contributed by atoms with Crippen molar-refractivity contribution in [3.05, 3.63) is 29.8 Å². The van der Waals surface area contributed by atoms with Crippen LogP contribution in [-0.2, 0) is 9.84 Å². The van der Waals surface area contributed by atoms with E-state index in [1.807, 2.05) is 0 Å². The van der Waals surface area contributed by atoms with Crippen LogP contribution in [-0.4, -0.2) is 40.6 Å². The number of Topliss-reactive ketones (excluding diaryl/α,β-unsaturated/α-hetero) is 1. The Morgan fingerprint density at radius 1 is 1.48 bits per heavy atom. The minimum Gasteiger partial charge on any atom is -0.388 e. The average molecular weight is 451 g/mol. The highest BCUT2D eigenvalue weighted by molar-refractivity contribution is 14.1. The number of aliphatic hydroxyl groups is 1. The lowest BCUT2D eigenvalue weighted by Gasteiger charge is -2.36. The van der Waals surface area contributed by atoms with Gasteiger partial charge in [-0.2, -0.15) is 0 Å². The zero-order chi connectivity index (χ0) is 17.3. The third-order valence-electron chi connectivity index (χ3n) is 4.23. The second-order valence-electron chi connectivity index (χ2n) is 6.26. The third kappa shape index (κ3) is 4.32. The van der Waals surface area contributed by atoms with Crippen LogP contribution < -0.4 is 5.73 Å². The fraction of sp³-hybridized carbons (Fsp3) is 0.562. The van der Waals surface area contributed by atoms with E-state index in [0.29, 0.717) is 6.42 Å². The van der Waals surface area contributed by atoms with E-state index in [1.54, 1.807) is 13.0 Å². The molecule has 1 aliphatic rings. The summed E-state index contributed by atoms with van der Waals surface area (Å²) in [6.07, 6.45) is 3.14. The van der Waals surface area contributed by atoms with Gasteiger partial charge in [-0.25, -0.2) is 8.42 Å². The summed E-state index contributed by atoms with van der Waals surface area (Å²) in [7, 11) is -3.68. The highest BCUT2D eigenvalue weighted by atomic mass is 127. The van der Waals surface area contributed by atoms with Gasteiger partial charge in [-0.05, 0) is 31.9 Å². The maximum atomic E-state index is 12.7. The number of halogens is 1. The summed E-state index contributed by atoms with van der Waals surface area (Å²) >= 11 is 2.14. The molecule has 7 heteroatoms. The number of benzene rings is 1. The molecule has 2 rings (SSSR count). The molecular formula is C16H22INO4S. The topological polar surface area (TPSA) is 97.5 Å². The molecule has 0 amide bonds. The van der Waals surface area contributed by atoms with E-state index in [1.165, 1.54) is 18.2 Å². The Morgan fingerprint density at radius 2 is 2.17 bits per heavy atom. The lowest BCUT2D eigenvalue weighted by Crippen LogP contribution is -2.47. The van der Waals surface area contributed by atoms with Crippen molar-refractivity contribution >= 4 is 38.2 Å². The minimum atomic E-state index is -3.68. The second-order valence-corrected chi connectivity index (χ2v) is 9.75. The number of sulfone groups is 1. The van der Waals surface area contributed by atoms with Crippen LogP contribution in [0, 0.1) is 0 Å². The SMILES string of the molecule is CC(N)C(=O)c1cccc(S(=O)(=O)CC2(O)CCCCC2I)c1. The van der Waals surface area contributed by atoms with Crippen molar-refractivity contribution in [3.8, 4) is 0 Å². The molecule has 1 aromatic carbocycles. The Labute approximate surface area is 150 Å². The first-order valence-electron chi connectivity index (χ1n) is 7.65. The highest BCUT2D eigenvalue weighted by Crippen LogP contribution is 2.36. The van der Waals surface area contributed by atoms with E-state index >= 15 is 0 Å². The molecule has 5 nitrogen and oxygen atoms in total. The number of carbonyl (C=O) groups excluding carboxylic acids is 1. The van der Waals surface area contributed by atoms with E-state index in [9.17, 15) is 18.3 Å². The van der Waals surface area contributed by atoms with Crippen LogP contribution in [0.2, 0.25) is 0 Å². The molecule has 0 aliphatic heterocycles. The number of rotatable bonds is 5. The van der Waals surface area contributed by atoms with Crippen molar-refractivity contribution in [1.82, 2.24) is 0 Å². The summed E-state index contributed by atoms with van der Waals surface area (Å²) in [5.41, 5.74) is 4.65. The van der Waals surface area contributed by atoms with Crippen molar-refractivity contribution in [2.75, 3.05) is 5.75 Å². The van der Waals surface area contributed by atoms with Gasteiger partial charge >= 0.3 is 0 Å². The Balaban J connectivity index is 2.29. The maximum absolute atomic E-state index is 12.7. The van der Waals surface area contributed by atoms with Crippen LogP contribution in [0.15, 0.2) is 29.2 Å². The molecule has 0 bridgehead atoms. The zero-order valence-electron chi connectivity index (χ0n) is 13.0. The fourth-order valence-electron chi connectivity index (χ4n) is 2.86. The van der Waals surface area contributed by atoms with E-state index in [2.05, 4.69) is 22.6 Å². The van der Waals surface area contributed by atoms with Gasteiger partial charge in [-0.1, -0.05) is 47.6 Å². The number of hydrogen-bond acceptors (Lipinski definition) is 5. The van der Waals surface area contributed by atoms with Crippen molar-refractivity contribution in [2.24, 2.45) is 5.73 Å². The molecule has 1 saturated carbocycles. The molecule has 3 N–H and O–H groups in total.